The largest absolute Gasteiger partial charge is 0.492 e. The fourth-order valence-electron chi connectivity index (χ4n) is 2.90. The lowest BCUT2D eigenvalue weighted by Gasteiger charge is -2.25. The summed E-state index contributed by atoms with van der Waals surface area (Å²) in [6.07, 6.45) is 4.63. The third-order valence-corrected chi connectivity index (χ3v) is 4.70. The van der Waals surface area contributed by atoms with Gasteiger partial charge in [-0.2, -0.15) is 0 Å². The molecule has 1 heterocycles. The molecule has 1 aliphatic heterocycles. The second kappa shape index (κ2) is 6.19. The van der Waals surface area contributed by atoms with Crippen LogP contribution < -0.4 is 4.90 Å². The van der Waals surface area contributed by atoms with E-state index < -0.39 is 8.80 Å². The monoisotopic (exact) mass is 308 g/mol. The summed E-state index contributed by atoms with van der Waals surface area (Å²) in [5.41, 5.74) is 5.01. The van der Waals surface area contributed by atoms with Crippen molar-refractivity contribution in [2.24, 2.45) is 0 Å². The summed E-state index contributed by atoms with van der Waals surface area (Å²) in [6, 6.07) is 4.45. The second-order valence-corrected chi connectivity index (χ2v) is 7.90. The Hall–Kier alpha value is -1.34. The van der Waals surface area contributed by atoms with Gasteiger partial charge in [-0.05, 0) is 38.3 Å². The number of nitrogens with zero attached hydrogens (tertiary/aromatic N) is 2. The number of aryl methyl sites for hydroxylation is 3. The SMILES string of the molecule is Cc1cc(C)c(N2C=CN(CCC[Si](O)(O)O)C2)c(C)c1. The van der Waals surface area contributed by atoms with Crippen molar-refractivity contribution in [3.05, 3.63) is 41.2 Å². The van der Waals surface area contributed by atoms with Gasteiger partial charge in [0.15, 0.2) is 0 Å². The highest BCUT2D eigenvalue weighted by molar-refractivity contribution is 6.56. The van der Waals surface area contributed by atoms with Crippen molar-refractivity contribution < 1.29 is 14.4 Å². The molecule has 5 nitrogen and oxygen atoms in total. The molecule has 0 fully saturated rings. The van der Waals surface area contributed by atoms with E-state index in [1.807, 2.05) is 12.4 Å². The third-order valence-electron chi connectivity index (χ3n) is 3.67. The molecule has 3 N–H and O–H groups in total. The highest BCUT2D eigenvalue weighted by atomic mass is 28.4. The van der Waals surface area contributed by atoms with Crippen LogP contribution in [0.4, 0.5) is 5.69 Å². The molecule has 0 unspecified atom stereocenters. The summed E-state index contributed by atoms with van der Waals surface area (Å²) >= 11 is 0. The standard InChI is InChI=1S/C15H24N2O3Si/c1-12-9-13(2)15(14(3)10-12)17-7-6-16(11-17)5-4-8-21(18,19)20/h6-7,9-10,18-20H,4-5,8,11H2,1-3H3. The summed E-state index contributed by atoms with van der Waals surface area (Å²) in [5, 5.41) is 0. The average molecular weight is 308 g/mol. The molecule has 0 aliphatic carbocycles. The van der Waals surface area contributed by atoms with E-state index in [9.17, 15) is 0 Å². The van der Waals surface area contributed by atoms with Crippen molar-refractivity contribution in [1.82, 2.24) is 4.90 Å². The topological polar surface area (TPSA) is 67.2 Å². The number of rotatable bonds is 5. The van der Waals surface area contributed by atoms with E-state index in [-0.39, 0.29) is 6.04 Å². The van der Waals surface area contributed by atoms with Crippen LogP contribution in [0.5, 0.6) is 0 Å². The molecule has 1 aromatic rings. The molecule has 0 atom stereocenters. The van der Waals surface area contributed by atoms with Crippen LogP contribution in [-0.2, 0) is 0 Å². The molecule has 0 spiro atoms. The first-order chi connectivity index (χ1) is 9.76. The Kier molecular flexibility index (Phi) is 4.73. The van der Waals surface area contributed by atoms with Crippen molar-refractivity contribution in [2.45, 2.75) is 33.2 Å². The fourth-order valence-corrected chi connectivity index (χ4v) is 3.53. The van der Waals surface area contributed by atoms with Gasteiger partial charge >= 0.3 is 8.80 Å². The molecular formula is C15H24N2O3Si. The van der Waals surface area contributed by atoms with Gasteiger partial charge in [0.25, 0.3) is 0 Å². The minimum absolute atomic E-state index is 0.0833. The van der Waals surface area contributed by atoms with Crippen molar-refractivity contribution in [2.75, 3.05) is 18.1 Å². The molecule has 0 saturated carbocycles. The summed E-state index contributed by atoms with van der Waals surface area (Å²) in [7, 11) is -3.90. The van der Waals surface area contributed by atoms with Gasteiger partial charge in [-0.3, -0.25) is 0 Å². The molecular weight excluding hydrogens is 284 g/mol. The van der Waals surface area contributed by atoms with Gasteiger partial charge in [-0.1, -0.05) is 17.7 Å². The van der Waals surface area contributed by atoms with Gasteiger partial charge in [0.2, 0.25) is 0 Å². The van der Waals surface area contributed by atoms with E-state index in [1.54, 1.807) is 0 Å². The number of benzene rings is 1. The van der Waals surface area contributed by atoms with Gasteiger partial charge in [-0.25, -0.2) is 0 Å². The van der Waals surface area contributed by atoms with Crippen LogP contribution in [0.2, 0.25) is 6.04 Å². The van der Waals surface area contributed by atoms with Crippen molar-refractivity contribution in [3.8, 4) is 0 Å². The highest BCUT2D eigenvalue weighted by Gasteiger charge is 2.26. The Morgan fingerprint density at radius 3 is 2.24 bits per heavy atom. The smallest absolute Gasteiger partial charge is 0.390 e. The molecule has 0 amide bonds. The quantitative estimate of drug-likeness (QED) is 0.719. The van der Waals surface area contributed by atoms with E-state index in [2.05, 4.69) is 42.7 Å². The van der Waals surface area contributed by atoms with Gasteiger partial charge in [-0.15, -0.1) is 0 Å². The predicted octanol–water partition coefficient (Wildman–Crippen LogP) is 1.47. The maximum atomic E-state index is 9.02. The van der Waals surface area contributed by atoms with Gasteiger partial charge in [0.1, 0.15) is 0 Å². The average Bonchev–Trinajstić information content (AvgIpc) is 2.74. The van der Waals surface area contributed by atoms with Crippen molar-refractivity contribution >= 4 is 14.5 Å². The fraction of sp³-hybridized carbons (Fsp3) is 0.467. The Bertz CT molecular complexity index is 517. The van der Waals surface area contributed by atoms with Crippen LogP contribution in [0.3, 0.4) is 0 Å². The molecule has 116 valence electrons. The number of hydrogen-bond acceptors (Lipinski definition) is 5. The molecule has 2 rings (SSSR count). The molecule has 0 saturated heterocycles. The molecule has 0 radical (unpaired) electrons. The normalized spacial score (nSPS) is 15.1. The molecule has 0 bridgehead atoms. The van der Waals surface area contributed by atoms with E-state index in [0.29, 0.717) is 13.0 Å². The lowest BCUT2D eigenvalue weighted by Crippen LogP contribution is -2.35. The van der Waals surface area contributed by atoms with E-state index >= 15 is 0 Å². The summed E-state index contributed by atoms with van der Waals surface area (Å²) < 4.78 is 0. The van der Waals surface area contributed by atoms with Crippen LogP contribution in [0.25, 0.3) is 0 Å². The van der Waals surface area contributed by atoms with Crippen LogP contribution in [0, 0.1) is 20.8 Å². The first kappa shape index (κ1) is 16.0. The first-order valence-electron chi connectivity index (χ1n) is 7.20. The van der Waals surface area contributed by atoms with Crippen molar-refractivity contribution in [3.63, 3.8) is 0 Å². The van der Waals surface area contributed by atoms with E-state index in [1.165, 1.54) is 22.4 Å². The van der Waals surface area contributed by atoms with Crippen LogP contribution >= 0.6 is 0 Å². The van der Waals surface area contributed by atoms with Gasteiger partial charge < -0.3 is 24.2 Å². The first-order valence-corrected chi connectivity index (χ1v) is 9.25. The molecule has 0 aromatic heterocycles. The zero-order valence-electron chi connectivity index (χ0n) is 12.9. The van der Waals surface area contributed by atoms with Gasteiger partial charge in [0.05, 0.1) is 6.67 Å². The Morgan fingerprint density at radius 1 is 1.05 bits per heavy atom. The van der Waals surface area contributed by atoms with Crippen LogP contribution in [0.1, 0.15) is 23.1 Å². The summed E-state index contributed by atoms with van der Waals surface area (Å²) in [4.78, 5) is 31.4. The maximum absolute atomic E-state index is 9.02. The Labute approximate surface area is 127 Å². The van der Waals surface area contributed by atoms with E-state index in [4.69, 9.17) is 14.4 Å². The zero-order chi connectivity index (χ0) is 15.6. The minimum atomic E-state index is -3.90. The molecule has 6 heteroatoms. The lowest BCUT2D eigenvalue weighted by atomic mass is 10.0. The van der Waals surface area contributed by atoms with Crippen molar-refractivity contribution in [1.29, 1.82) is 0 Å². The molecule has 1 aliphatic rings. The summed E-state index contributed by atoms with van der Waals surface area (Å²) in [6.45, 7) is 7.80. The maximum Gasteiger partial charge on any atom is 0.492 e. The molecule has 1 aromatic carbocycles. The zero-order valence-corrected chi connectivity index (χ0v) is 13.9. The van der Waals surface area contributed by atoms with Gasteiger partial charge in [0, 0.05) is 30.7 Å². The Morgan fingerprint density at radius 2 is 1.67 bits per heavy atom. The molecule has 21 heavy (non-hydrogen) atoms. The highest BCUT2D eigenvalue weighted by Crippen LogP contribution is 2.28. The van der Waals surface area contributed by atoms with Crippen LogP contribution in [0.15, 0.2) is 24.5 Å². The predicted molar refractivity (Wildman–Crippen MR) is 85.7 cm³/mol. The minimum Gasteiger partial charge on any atom is -0.390 e. The second-order valence-electron chi connectivity index (χ2n) is 5.85. The Balaban J connectivity index is 1.96. The van der Waals surface area contributed by atoms with Crippen LogP contribution in [-0.4, -0.2) is 41.3 Å². The number of anilines is 1. The lowest BCUT2D eigenvalue weighted by molar-refractivity contribution is 0.224. The third kappa shape index (κ3) is 4.31. The summed E-state index contributed by atoms with van der Waals surface area (Å²) in [5.74, 6) is 0. The van der Waals surface area contributed by atoms with E-state index in [0.717, 1.165) is 6.67 Å². The number of hydrogen-bond donors (Lipinski definition) is 3.